The van der Waals surface area contributed by atoms with Crippen molar-refractivity contribution in [3.8, 4) is 6.07 Å². The maximum absolute atomic E-state index is 8.56. The van der Waals surface area contributed by atoms with E-state index in [9.17, 15) is 0 Å². The number of nitrogens with zero attached hydrogens (tertiary/aromatic N) is 3. The smallest absolute Gasteiger partial charge is 0.422 e. The second kappa shape index (κ2) is 3.10. The number of hydrogen-bond donors (Lipinski definition) is 2. The summed E-state index contributed by atoms with van der Waals surface area (Å²) in [6.07, 6.45) is 2.32. The number of rotatable bonds is 1. The maximum atomic E-state index is 8.56. The normalized spacial score (nSPS) is 8.82. The molecule has 0 fully saturated rings. The number of nitriles is 1. The van der Waals surface area contributed by atoms with Crippen LogP contribution < -0.4 is 5.59 Å². The van der Waals surface area contributed by atoms with E-state index in [4.69, 9.17) is 15.3 Å². The second-order valence-corrected chi connectivity index (χ2v) is 1.81. The van der Waals surface area contributed by atoms with Crippen LogP contribution in [0.1, 0.15) is 5.69 Å². The number of hydrogen-bond acceptors (Lipinski definition) is 5. The topological polar surface area (TPSA) is 90.0 Å². The highest BCUT2D eigenvalue weighted by atomic mass is 16.4. The fourth-order valence-corrected chi connectivity index (χ4v) is 0.529. The van der Waals surface area contributed by atoms with Crippen molar-refractivity contribution < 1.29 is 10.0 Å². The summed E-state index contributed by atoms with van der Waals surface area (Å²) >= 11 is 0. The monoisotopic (exact) mass is 149 g/mol. The molecule has 0 saturated heterocycles. The van der Waals surface area contributed by atoms with Crippen LogP contribution >= 0.6 is 0 Å². The van der Waals surface area contributed by atoms with Crippen molar-refractivity contribution in [2.24, 2.45) is 0 Å². The van der Waals surface area contributed by atoms with E-state index in [-0.39, 0.29) is 11.3 Å². The minimum Gasteiger partial charge on any atom is -0.422 e. The molecule has 2 N–H and O–H groups in total. The molecule has 0 saturated carbocycles. The number of aromatic nitrogens is 2. The summed E-state index contributed by atoms with van der Waals surface area (Å²) < 4.78 is 0. The Kier molecular flexibility index (Phi) is 2.16. The summed E-state index contributed by atoms with van der Waals surface area (Å²) in [5.74, 6) is 0. The zero-order valence-corrected chi connectivity index (χ0v) is 5.47. The van der Waals surface area contributed by atoms with Crippen LogP contribution in [-0.2, 0) is 0 Å². The predicted octanol–water partition coefficient (Wildman–Crippen LogP) is -1.97. The Labute approximate surface area is 63.1 Å². The molecule has 6 heteroatoms. The molecule has 0 spiro atoms. The summed E-state index contributed by atoms with van der Waals surface area (Å²) in [6, 6.07) is 1.76. The molecule has 0 aromatic carbocycles. The third-order valence-corrected chi connectivity index (χ3v) is 1.05. The minimum absolute atomic E-state index is 0.0315. The largest absolute Gasteiger partial charge is 0.509 e. The van der Waals surface area contributed by atoms with Crippen molar-refractivity contribution in [1.82, 2.24) is 9.97 Å². The first-order valence-corrected chi connectivity index (χ1v) is 2.82. The van der Waals surface area contributed by atoms with Gasteiger partial charge in [0, 0.05) is 6.20 Å². The molecular formula is C5H4BN3O2. The van der Waals surface area contributed by atoms with Gasteiger partial charge in [0.25, 0.3) is 0 Å². The molecule has 54 valence electrons. The minimum atomic E-state index is -1.63. The molecule has 0 unspecified atom stereocenters. The summed E-state index contributed by atoms with van der Waals surface area (Å²) in [6.45, 7) is 0. The van der Waals surface area contributed by atoms with Crippen molar-refractivity contribution in [1.29, 1.82) is 5.26 Å². The van der Waals surface area contributed by atoms with Gasteiger partial charge in [-0.25, -0.2) is 4.98 Å². The van der Waals surface area contributed by atoms with Crippen LogP contribution in [0.5, 0.6) is 0 Å². The van der Waals surface area contributed by atoms with Gasteiger partial charge in [0.2, 0.25) is 0 Å². The predicted molar refractivity (Wildman–Crippen MR) is 36.6 cm³/mol. The lowest BCUT2D eigenvalue weighted by molar-refractivity contribution is 0.424. The summed E-state index contributed by atoms with van der Waals surface area (Å²) in [7, 11) is -1.63. The van der Waals surface area contributed by atoms with E-state index in [1.165, 1.54) is 6.20 Å². The van der Waals surface area contributed by atoms with Gasteiger partial charge in [-0.05, 0) is 0 Å². The third kappa shape index (κ3) is 1.74. The quantitative estimate of drug-likeness (QED) is 0.452. The van der Waals surface area contributed by atoms with E-state index < -0.39 is 7.12 Å². The molecule has 0 amide bonds. The third-order valence-electron chi connectivity index (χ3n) is 1.05. The molecule has 1 aromatic rings. The highest BCUT2D eigenvalue weighted by molar-refractivity contribution is 6.57. The molecule has 1 aromatic heterocycles. The van der Waals surface area contributed by atoms with Gasteiger partial charge in [0.1, 0.15) is 6.07 Å². The van der Waals surface area contributed by atoms with E-state index in [0.29, 0.717) is 0 Å². The Bertz CT molecular complexity index is 279. The molecule has 0 aliphatic carbocycles. The molecule has 0 aliphatic heterocycles. The lowest BCUT2D eigenvalue weighted by atomic mass is 9.87. The standard InChI is InChI=1S/C5H4BN3O2/c7-1-4-2-9-5(3-8-4)6(10)11/h2-3,10-11H. The van der Waals surface area contributed by atoms with Crippen LogP contribution in [-0.4, -0.2) is 27.1 Å². The Morgan fingerprint density at radius 3 is 2.45 bits per heavy atom. The van der Waals surface area contributed by atoms with Gasteiger partial charge >= 0.3 is 7.12 Å². The zero-order chi connectivity index (χ0) is 8.27. The lowest BCUT2D eigenvalue weighted by Gasteiger charge is -1.94. The van der Waals surface area contributed by atoms with Crippen molar-refractivity contribution >= 4 is 12.7 Å². The van der Waals surface area contributed by atoms with Crippen molar-refractivity contribution in [2.75, 3.05) is 0 Å². The van der Waals surface area contributed by atoms with Gasteiger partial charge in [-0.3, -0.25) is 4.98 Å². The highest BCUT2D eigenvalue weighted by Gasteiger charge is 2.12. The van der Waals surface area contributed by atoms with Crippen LogP contribution in [0.15, 0.2) is 12.4 Å². The summed E-state index contributed by atoms with van der Waals surface area (Å²) in [4.78, 5) is 7.14. The van der Waals surface area contributed by atoms with E-state index >= 15 is 0 Å². The van der Waals surface area contributed by atoms with Gasteiger partial charge in [-0.1, -0.05) is 0 Å². The van der Waals surface area contributed by atoms with Crippen LogP contribution in [0.3, 0.4) is 0 Å². The first-order valence-electron chi connectivity index (χ1n) is 2.82. The first-order chi connectivity index (χ1) is 5.24. The van der Waals surface area contributed by atoms with Gasteiger partial charge in [0.15, 0.2) is 5.69 Å². The molecule has 0 atom stereocenters. The molecule has 0 aliphatic rings. The molecule has 0 bridgehead atoms. The highest BCUT2D eigenvalue weighted by Crippen LogP contribution is 1.83. The van der Waals surface area contributed by atoms with Crippen LogP contribution in [0.25, 0.3) is 0 Å². The zero-order valence-electron chi connectivity index (χ0n) is 5.47. The van der Waals surface area contributed by atoms with Crippen LogP contribution in [0.4, 0.5) is 0 Å². The average molecular weight is 149 g/mol. The lowest BCUT2D eigenvalue weighted by Crippen LogP contribution is -2.32. The fourth-order valence-electron chi connectivity index (χ4n) is 0.529. The van der Waals surface area contributed by atoms with Gasteiger partial charge in [0.05, 0.1) is 11.8 Å². The van der Waals surface area contributed by atoms with E-state index in [0.717, 1.165) is 6.20 Å². The van der Waals surface area contributed by atoms with Crippen LogP contribution in [0.2, 0.25) is 0 Å². The second-order valence-electron chi connectivity index (χ2n) is 1.81. The Morgan fingerprint density at radius 1 is 1.36 bits per heavy atom. The fraction of sp³-hybridized carbons (Fsp3) is 0. The SMILES string of the molecule is N#Cc1cnc(B(O)O)cn1. The van der Waals surface area contributed by atoms with Gasteiger partial charge in [-0.15, -0.1) is 0 Å². The molecule has 1 rings (SSSR count). The van der Waals surface area contributed by atoms with E-state index in [2.05, 4.69) is 9.97 Å². The molecule has 0 radical (unpaired) electrons. The van der Waals surface area contributed by atoms with E-state index in [1.807, 2.05) is 0 Å². The van der Waals surface area contributed by atoms with Gasteiger partial charge in [-0.2, -0.15) is 5.26 Å². The first kappa shape index (κ1) is 7.66. The van der Waals surface area contributed by atoms with Gasteiger partial charge < -0.3 is 10.0 Å². The van der Waals surface area contributed by atoms with Crippen molar-refractivity contribution in [3.05, 3.63) is 18.1 Å². The Balaban J connectivity index is 2.94. The molecule has 11 heavy (non-hydrogen) atoms. The molecule has 1 heterocycles. The van der Waals surface area contributed by atoms with Crippen molar-refractivity contribution in [2.45, 2.75) is 0 Å². The van der Waals surface area contributed by atoms with Crippen molar-refractivity contribution in [3.63, 3.8) is 0 Å². The average Bonchev–Trinajstić information content (AvgIpc) is 2.05. The van der Waals surface area contributed by atoms with E-state index in [1.54, 1.807) is 6.07 Å². The van der Waals surface area contributed by atoms with Crippen LogP contribution in [0, 0.1) is 11.3 Å². The Morgan fingerprint density at radius 2 is 2.09 bits per heavy atom. The molecule has 5 nitrogen and oxygen atoms in total. The Hall–Kier alpha value is -1.45. The molecular weight excluding hydrogens is 145 g/mol. The maximum Gasteiger partial charge on any atom is 0.509 e. The summed E-state index contributed by atoms with van der Waals surface area (Å²) in [5.41, 5.74) is 0.179. The summed E-state index contributed by atoms with van der Waals surface area (Å²) in [5, 5.41) is 25.4.